The fraction of sp³-hybridized carbons (Fsp3) is 0.333. The van der Waals surface area contributed by atoms with E-state index in [0.717, 1.165) is 5.56 Å². The Morgan fingerprint density at radius 3 is 2.62 bits per heavy atom. The molecule has 2 N–H and O–H groups in total. The fourth-order valence-corrected chi connectivity index (χ4v) is 1.49. The van der Waals surface area contributed by atoms with Crippen LogP contribution in [0.1, 0.15) is 18.9 Å². The van der Waals surface area contributed by atoms with Crippen molar-refractivity contribution in [3.8, 4) is 5.75 Å². The second-order valence-corrected chi connectivity index (χ2v) is 4.31. The van der Waals surface area contributed by atoms with Gasteiger partial charge in [0.25, 0.3) is 5.91 Å². The Balaban J connectivity index is 2.27. The Morgan fingerprint density at radius 1 is 1.24 bits per heavy atom. The van der Waals surface area contributed by atoms with Crippen molar-refractivity contribution in [3.05, 3.63) is 42.1 Å². The van der Waals surface area contributed by atoms with Gasteiger partial charge in [-0.15, -0.1) is 0 Å². The van der Waals surface area contributed by atoms with Crippen molar-refractivity contribution >= 4 is 11.9 Å². The predicted molar refractivity (Wildman–Crippen MR) is 78.3 cm³/mol. The zero-order valence-corrected chi connectivity index (χ0v) is 12.3. The van der Waals surface area contributed by atoms with Crippen molar-refractivity contribution in [1.29, 1.82) is 0 Å². The SMILES string of the molecule is C=C(CC(=O)OCC)NNC(=O)COc1ccccc1C. The molecule has 0 atom stereocenters. The smallest absolute Gasteiger partial charge is 0.311 e. The van der Waals surface area contributed by atoms with Crippen LogP contribution in [0.25, 0.3) is 0 Å². The van der Waals surface area contributed by atoms with Gasteiger partial charge < -0.3 is 14.9 Å². The van der Waals surface area contributed by atoms with Crippen LogP contribution in [0.2, 0.25) is 0 Å². The first-order valence-corrected chi connectivity index (χ1v) is 6.59. The van der Waals surface area contributed by atoms with Crippen LogP contribution in [0.15, 0.2) is 36.5 Å². The largest absolute Gasteiger partial charge is 0.483 e. The molecule has 21 heavy (non-hydrogen) atoms. The first-order chi connectivity index (χ1) is 10.0. The number of hydrazine groups is 1. The first kappa shape index (κ1) is 16.6. The number of nitrogens with one attached hydrogen (secondary N) is 2. The van der Waals surface area contributed by atoms with Crippen molar-refractivity contribution in [2.45, 2.75) is 20.3 Å². The van der Waals surface area contributed by atoms with Crippen LogP contribution < -0.4 is 15.6 Å². The molecule has 0 radical (unpaired) electrons. The third-order valence-electron chi connectivity index (χ3n) is 2.49. The van der Waals surface area contributed by atoms with Crippen molar-refractivity contribution in [2.75, 3.05) is 13.2 Å². The number of para-hydroxylation sites is 1. The minimum Gasteiger partial charge on any atom is -0.483 e. The number of carbonyl (C=O) groups excluding carboxylic acids is 2. The number of esters is 1. The van der Waals surface area contributed by atoms with Gasteiger partial charge in [-0.1, -0.05) is 24.8 Å². The summed E-state index contributed by atoms with van der Waals surface area (Å²) in [6.45, 7) is 7.40. The Kier molecular flexibility index (Phi) is 6.80. The predicted octanol–water partition coefficient (Wildman–Crippen LogP) is 1.46. The third kappa shape index (κ3) is 6.47. The van der Waals surface area contributed by atoms with Gasteiger partial charge in [-0.2, -0.15) is 0 Å². The van der Waals surface area contributed by atoms with Gasteiger partial charge in [0.1, 0.15) is 5.75 Å². The average Bonchev–Trinajstić information content (AvgIpc) is 2.44. The van der Waals surface area contributed by atoms with Crippen LogP contribution in [-0.2, 0) is 14.3 Å². The van der Waals surface area contributed by atoms with Gasteiger partial charge in [-0.25, -0.2) is 0 Å². The highest BCUT2D eigenvalue weighted by molar-refractivity contribution is 5.77. The van der Waals surface area contributed by atoms with E-state index in [1.165, 1.54) is 0 Å². The molecule has 0 saturated carbocycles. The second kappa shape index (κ2) is 8.63. The maximum absolute atomic E-state index is 11.6. The number of amides is 1. The topological polar surface area (TPSA) is 76.7 Å². The van der Waals surface area contributed by atoms with E-state index in [1.807, 2.05) is 25.1 Å². The maximum atomic E-state index is 11.6. The highest BCUT2D eigenvalue weighted by atomic mass is 16.5. The highest BCUT2D eigenvalue weighted by Crippen LogP contribution is 2.15. The number of carbonyl (C=O) groups is 2. The van der Waals surface area contributed by atoms with E-state index >= 15 is 0 Å². The molecule has 0 bridgehead atoms. The van der Waals surface area contributed by atoms with Gasteiger partial charge in [0.2, 0.25) is 0 Å². The summed E-state index contributed by atoms with van der Waals surface area (Å²) in [6, 6.07) is 7.41. The molecule has 0 heterocycles. The number of hydrogen-bond acceptors (Lipinski definition) is 5. The minimum absolute atomic E-state index is 0.00717. The van der Waals surface area contributed by atoms with E-state index in [0.29, 0.717) is 18.1 Å². The molecule has 0 aliphatic carbocycles. The first-order valence-electron chi connectivity index (χ1n) is 6.59. The number of benzene rings is 1. The standard InChI is InChI=1S/C15H20N2O4/c1-4-20-15(19)9-12(3)16-17-14(18)10-21-13-8-6-5-7-11(13)2/h5-8,16H,3-4,9-10H2,1-2H3,(H,17,18). The number of ether oxygens (including phenoxy) is 2. The lowest BCUT2D eigenvalue weighted by molar-refractivity contribution is -0.142. The minimum atomic E-state index is -0.402. The molecule has 0 aromatic heterocycles. The molecule has 0 unspecified atom stereocenters. The van der Waals surface area contributed by atoms with Gasteiger partial charge in [-0.05, 0) is 25.5 Å². The summed E-state index contributed by atoms with van der Waals surface area (Å²) in [5, 5.41) is 0. The summed E-state index contributed by atoms with van der Waals surface area (Å²) in [7, 11) is 0. The van der Waals surface area contributed by atoms with Gasteiger partial charge in [0.05, 0.1) is 13.0 Å². The van der Waals surface area contributed by atoms with E-state index < -0.39 is 5.97 Å². The van der Waals surface area contributed by atoms with Crippen molar-refractivity contribution in [2.24, 2.45) is 0 Å². The Morgan fingerprint density at radius 2 is 1.95 bits per heavy atom. The number of rotatable bonds is 8. The van der Waals surface area contributed by atoms with Crippen molar-refractivity contribution < 1.29 is 19.1 Å². The molecule has 0 fully saturated rings. The highest BCUT2D eigenvalue weighted by Gasteiger charge is 2.07. The number of aryl methyl sites for hydroxylation is 1. The molecule has 0 aliphatic heterocycles. The molecule has 6 nitrogen and oxygen atoms in total. The van der Waals surface area contributed by atoms with Crippen LogP contribution in [0, 0.1) is 6.92 Å². The number of hydrogen-bond donors (Lipinski definition) is 2. The quantitative estimate of drug-likeness (QED) is 0.560. The summed E-state index contributed by atoms with van der Waals surface area (Å²) >= 11 is 0. The maximum Gasteiger partial charge on any atom is 0.311 e. The molecular weight excluding hydrogens is 272 g/mol. The van der Waals surface area contributed by atoms with E-state index in [4.69, 9.17) is 9.47 Å². The lowest BCUT2D eigenvalue weighted by Crippen LogP contribution is -2.40. The monoisotopic (exact) mass is 292 g/mol. The Labute approximate surface area is 124 Å². The lowest BCUT2D eigenvalue weighted by Gasteiger charge is -2.12. The van der Waals surface area contributed by atoms with Crippen LogP contribution in [0.3, 0.4) is 0 Å². The molecule has 0 saturated heterocycles. The molecule has 1 rings (SSSR count). The van der Waals surface area contributed by atoms with Gasteiger partial charge in [0, 0.05) is 5.70 Å². The molecule has 0 spiro atoms. The van der Waals surface area contributed by atoms with Gasteiger partial charge >= 0.3 is 5.97 Å². The molecular formula is C15H20N2O4. The molecule has 1 aromatic carbocycles. The molecule has 6 heteroatoms. The second-order valence-electron chi connectivity index (χ2n) is 4.31. The fourth-order valence-electron chi connectivity index (χ4n) is 1.49. The van der Waals surface area contributed by atoms with E-state index in [2.05, 4.69) is 17.4 Å². The van der Waals surface area contributed by atoms with E-state index in [9.17, 15) is 9.59 Å². The van der Waals surface area contributed by atoms with Gasteiger partial charge in [0.15, 0.2) is 6.61 Å². The Hall–Kier alpha value is -2.50. The summed E-state index contributed by atoms with van der Waals surface area (Å²) in [4.78, 5) is 22.8. The summed E-state index contributed by atoms with van der Waals surface area (Å²) in [6.07, 6.45) is -0.00717. The molecule has 114 valence electrons. The summed E-state index contributed by atoms with van der Waals surface area (Å²) in [5.41, 5.74) is 6.24. The van der Waals surface area contributed by atoms with Crippen LogP contribution >= 0.6 is 0 Å². The molecule has 1 aromatic rings. The van der Waals surface area contributed by atoms with Crippen LogP contribution in [0.4, 0.5) is 0 Å². The van der Waals surface area contributed by atoms with Crippen LogP contribution in [0.5, 0.6) is 5.75 Å². The normalized spacial score (nSPS) is 9.62. The zero-order valence-electron chi connectivity index (χ0n) is 12.3. The van der Waals surface area contributed by atoms with E-state index in [1.54, 1.807) is 13.0 Å². The molecule has 0 aliphatic rings. The molecule has 1 amide bonds. The van der Waals surface area contributed by atoms with Gasteiger partial charge in [-0.3, -0.25) is 15.0 Å². The average molecular weight is 292 g/mol. The summed E-state index contributed by atoms with van der Waals surface area (Å²) in [5.74, 6) is -0.123. The third-order valence-corrected chi connectivity index (χ3v) is 2.49. The summed E-state index contributed by atoms with van der Waals surface area (Å²) < 4.78 is 10.1. The van der Waals surface area contributed by atoms with Crippen LogP contribution in [-0.4, -0.2) is 25.1 Å². The zero-order chi connectivity index (χ0) is 15.7. The van der Waals surface area contributed by atoms with Crippen molar-refractivity contribution in [1.82, 2.24) is 10.9 Å². The lowest BCUT2D eigenvalue weighted by atomic mass is 10.2. The Bertz CT molecular complexity index is 514. The van der Waals surface area contributed by atoms with Crippen molar-refractivity contribution in [3.63, 3.8) is 0 Å². The van der Waals surface area contributed by atoms with E-state index in [-0.39, 0.29) is 18.9 Å².